The van der Waals surface area contributed by atoms with Gasteiger partial charge in [-0.1, -0.05) is 0 Å². The summed E-state index contributed by atoms with van der Waals surface area (Å²) in [6, 6.07) is -2.99. The van der Waals surface area contributed by atoms with Crippen molar-refractivity contribution in [1.82, 2.24) is 15.5 Å². The Bertz CT molecular complexity index is 559. The number of carbonyl (C=O) groups is 4. The maximum absolute atomic E-state index is 12.4. The Morgan fingerprint density at radius 1 is 1.33 bits per heavy atom. The Morgan fingerprint density at radius 3 is 2.56 bits per heavy atom. The number of hydrogen-bond acceptors (Lipinski definition) is 7. The minimum Gasteiger partial charge on any atom is -0.480 e. The maximum Gasteiger partial charge on any atom is 0.328 e. The Morgan fingerprint density at radius 2 is 2.00 bits per heavy atom. The fourth-order valence-electron chi connectivity index (χ4n) is 2.75. The van der Waals surface area contributed by atoms with Crippen molar-refractivity contribution in [3.8, 4) is 0 Å². The van der Waals surface area contributed by atoms with Crippen molar-refractivity contribution >= 4 is 35.5 Å². The van der Waals surface area contributed by atoms with Gasteiger partial charge in [-0.15, -0.1) is 0 Å². The average Bonchev–Trinajstić information content (AvgIpc) is 3.10. The highest BCUT2D eigenvalue weighted by atomic mass is 32.2. The first kappa shape index (κ1) is 23.2. The number of nitrogens with one attached hydrogen (secondary N) is 2. The maximum atomic E-state index is 12.4. The molecule has 11 heteroatoms. The number of thioether (sulfide) groups is 1. The van der Waals surface area contributed by atoms with E-state index in [1.807, 2.05) is 6.26 Å². The molecule has 4 atom stereocenters. The number of likely N-dealkylation sites (tertiary alicyclic amines) is 1. The standard InChI is InChI=1S/C16H28N4O6S/c1-9(21)13(16(25)26)19-15(24)11-4-3-6-20(11)12(22)8-18-14(23)10(17)5-7-27-2/h9-11,13,21H,3-8,17H2,1-2H3,(H,18,23)(H,19,24)(H,25,26). The van der Waals surface area contributed by atoms with E-state index in [0.29, 0.717) is 25.8 Å². The highest BCUT2D eigenvalue weighted by Gasteiger charge is 2.36. The van der Waals surface area contributed by atoms with Gasteiger partial charge in [0.15, 0.2) is 6.04 Å². The van der Waals surface area contributed by atoms with Gasteiger partial charge in [0, 0.05) is 6.54 Å². The Kier molecular flexibility index (Phi) is 9.53. The topological polar surface area (TPSA) is 162 Å². The van der Waals surface area contributed by atoms with Gasteiger partial charge in [0.1, 0.15) is 6.04 Å². The summed E-state index contributed by atoms with van der Waals surface area (Å²) in [7, 11) is 0. The smallest absolute Gasteiger partial charge is 0.328 e. The third-order valence-corrected chi connectivity index (χ3v) is 4.95. The molecule has 0 aliphatic carbocycles. The first-order valence-corrected chi connectivity index (χ1v) is 10.1. The number of nitrogens with zero attached hydrogens (tertiary/aromatic N) is 1. The zero-order chi connectivity index (χ0) is 20.6. The predicted octanol–water partition coefficient (Wildman–Crippen LogP) is -1.88. The summed E-state index contributed by atoms with van der Waals surface area (Å²) in [5.74, 6) is -2.15. The van der Waals surface area contributed by atoms with Crippen molar-refractivity contribution in [3.63, 3.8) is 0 Å². The molecule has 0 saturated carbocycles. The molecule has 0 radical (unpaired) electrons. The first-order valence-electron chi connectivity index (χ1n) is 8.72. The molecule has 4 unspecified atom stereocenters. The summed E-state index contributed by atoms with van der Waals surface area (Å²) >= 11 is 1.57. The third kappa shape index (κ3) is 7.00. The van der Waals surface area contributed by atoms with Crippen molar-refractivity contribution in [3.05, 3.63) is 0 Å². The zero-order valence-corrected chi connectivity index (χ0v) is 16.3. The molecule has 0 aromatic rings. The molecule has 0 aromatic carbocycles. The predicted molar refractivity (Wildman–Crippen MR) is 100.0 cm³/mol. The SMILES string of the molecule is CSCCC(N)C(=O)NCC(=O)N1CCCC1C(=O)NC(C(=O)O)C(C)O. The van der Waals surface area contributed by atoms with Crippen LogP contribution >= 0.6 is 11.8 Å². The summed E-state index contributed by atoms with van der Waals surface area (Å²) in [4.78, 5) is 49.0. The second-order valence-electron chi connectivity index (χ2n) is 6.42. The summed E-state index contributed by atoms with van der Waals surface area (Å²) in [6.45, 7) is 1.30. The summed E-state index contributed by atoms with van der Waals surface area (Å²) in [5, 5.41) is 23.3. The van der Waals surface area contributed by atoms with E-state index in [2.05, 4.69) is 10.6 Å². The van der Waals surface area contributed by atoms with Gasteiger partial charge in [-0.2, -0.15) is 11.8 Å². The van der Waals surface area contributed by atoms with Crippen LogP contribution in [-0.2, 0) is 19.2 Å². The lowest BCUT2D eigenvalue weighted by Gasteiger charge is -2.26. The zero-order valence-electron chi connectivity index (χ0n) is 15.5. The third-order valence-electron chi connectivity index (χ3n) is 4.31. The van der Waals surface area contributed by atoms with E-state index in [1.165, 1.54) is 11.8 Å². The van der Waals surface area contributed by atoms with Crippen LogP contribution in [0.4, 0.5) is 0 Å². The molecule has 0 bridgehead atoms. The minimum absolute atomic E-state index is 0.283. The van der Waals surface area contributed by atoms with E-state index in [-0.39, 0.29) is 6.54 Å². The second kappa shape index (κ2) is 11.1. The average molecular weight is 404 g/mol. The van der Waals surface area contributed by atoms with Gasteiger partial charge in [-0.05, 0) is 38.2 Å². The molecule has 1 heterocycles. The fraction of sp³-hybridized carbons (Fsp3) is 0.750. The molecule has 1 rings (SSSR count). The minimum atomic E-state index is -1.45. The van der Waals surface area contributed by atoms with Crippen molar-refractivity contribution < 1.29 is 29.4 Å². The highest BCUT2D eigenvalue weighted by Crippen LogP contribution is 2.17. The molecular formula is C16H28N4O6S. The number of aliphatic carboxylic acids is 1. The van der Waals surface area contributed by atoms with Gasteiger partial charge in [0.25, 0.3) is 0 Å². The summed E-state index contributed by atoms with van der Waals surface area (Å²) in [6.07, 6.45) is 2.08. The monoisotopic (exact) mass is 404 g/mol. The lowest BCUT2D eigenvalue weighted by atomic mass is 10.1. The van der Waals surface area contributed by atoms with Crippen molar-refractivity contribution in [1.29, 1.82) is 0 Å². The van der Waals surface area contributed by atoms with E-state index in [9.17, 15) is 24.3 Å². The molecule has 6 N–H and O–H groups in total. The van der Waals surface area contributed by atoms with Crippen LogP contribution in [0.5, 0.6) is 0 Å². The number of amides is 3. The normalized spacial score (nSPS) is 19.9. The number of aliphatic hydroxyl groups is 1. The number of hydrogen-bond donors (Lipinski definition) is 5. The molecule has 1 fully saturated rings. The van der Waals surface area contributed by atoms with Crippen LogP contribution in [0.15, 0.2) is 0 Å². The van der Waals surface area contributed by atoms with E-state index < -0.39 is 47.9 Å². The lowest BCUT2D eigenvalue weighted by Crippen LogP contribution is -2.55. The second-order valence-corrected chi connectivity index (χ2v) is 7.40. The number of nitrogens with two attached hydrogens (primary N) is 1. The van der Waals surface area contributed by atoms with Crippen LogP contribution in [0.3, 0.4) is 0 Å². The number of aliphatic hydroxyl groups excluding tert-OH is 1. The first-order chi connectivity index (χ1) is 12.7. The van der Waals surface area contributed by atoms with Crippen LogP contribution in [0.2, 0.25) is 0 Å². The van der Waals surface area contributed by atoms with Gasteiger partial charge >= 0.3 is 5.97 Å². The Labute approximate surface area is 162 Å². The van der Waals surface area contributed by atoms with Crippen LogP contribution in [0, 0.1) is 0 Å². The lowest BCUT2D eigenvalue weighted by molar-refractivity contribution is -0.146. The number of carbonyl (C=O) groups excluding carboxylic acids is 3. The van der Waals surface area contributed by atoms with E-state index >= 15 is 0 Å². The van der Waals surface area contributed by atoms with Crippen molar-refractivity contribution in [2.75, 3.05) is 25.1 Å². The Balaban J connectivity index is 2.60. The summed E-state index contributed by atoms with van der Waals surface area (Å²) in [5.41, 5.74) is 5.74. The molecule has 1 aliphatic rings. The molecule has 1 aliphatic heterocycles. The molecule has 3 amide bonds. The van der Waals surface area contributed by atoms with Crippen LogP contribution < -0.4 is 16.4 Å². The molecule has 154 valence electrons. The molecule has 0 aromatic heterocycles. The van der Waals surface area contributed by atoms with E-state index in [0.717, 1.165) is 5.75 Å². The molecule has 1 saturated heterocycles. The number of rotatable bonds is 10. The number of carboxylic acid groups (broad SMARTS) is 1. The molecule has 27 heavy (non-hydrogen) atoms. The molecule has 10 nitrogen and oxygen atoms in total. The van der Waals surface area contributed by atoms with Crippen molar-refractivity contribution in [2.24, 2.45) is 5.73 Å². The molecular weight excluding hydrogens is 376 g/mol. The van der Waals surface area contributed by atoms with Gasteiger partial charge < -0.3 is 31.5 Å². The van der Waals surface area contributed by atoms with Gasteiger partial charge in [-0.25, -0.2) is 4.79 Å². The van der Waals surface area contributed by atoms with Crippen molar-refractivity contribution in [2.45, 2.75) is 50.4 Å². The van der Waals surface area contributed by atoms with Gasteiger partial charge in [0.05, 0.1) is 18.7 Å². The quantitative estimate of drug-likeness (QED) is 0.283. The Hall–Kier alpha value is -1.85. The van der Waals surface area contributed by atoms with E-state index in [1.54, 1.807) is 11.8 Å². The largest absolute Gasteiger partial charge is 0.480 e. The number of carboxylic acids is 1. The van der Waals surface area contributed by atoms with Crippen LogP contribution in [0.25, 0.3) is 0 Å². The van der Waals surface area contributed by atoms with Gasteiger partial charge in [-0.3, -0.25) is 14.4 Å². The van der Waals surface area contributed by atoms with E-state index in [4.69, 9.17) is 10.8 Å². The highest BCUT2D eigenvalue weighted by molar-refractivity contribution is 7.98. The van der Waals surface area contributed by atoms with Gasteiger partial charge in [0.2, 0.25) is 17.7 Å². The van der Waals surface area contributed by atoms with Crippen LogP contribution in [-0.4, -0.2) is 88.1 Å². The summed E-state index contributed by atoms with van der Waals surface area (Å²) < 4.78 is 0. The molecule has 0 spiro atoms. The van der Waals surface area contributed by atoms with Crippen LogP contribution in [0.1, 0.15) is 26.2 Å². The fourth-order valence-corrected chi connectivity index (χ4v) is 3.24.